The summed E-state index contributed by atoms with van der Waals surface area (Å²) in [4.78, 5) is 10.2. The molecule has 0 aromatic rings. The molecule has 0 bridgehead atoms. The van der Waals surface area contributed by atoms with Crippen molar-refractivity contribution in [3.05, 3.63) is 0 Å². The highest BCUT2D eigenvalue weighted by Gasteiger charge is 2.16. The maximum atomic E-state index is 10.2. The van der Waals surface area contributed by atoms with Gasteiger partial charge in [-0.3, -0.25) is 4.79 Å². The maximum absolute atomic E-state index is 10.2. The van der Waals surface area contributed by atoms with E-state index in [4.69, 9.17) is 10.8 Å². The van der Waals surface area contributed by atoms with Crippen LogP contribution in [0.3, 0.4) is 0 Å². The molecule has 2 unspecified atom stereocenters. The van der Waals surface area contributed by atoms with Crippen LogP contribution in [0, 0.1) is 0 Å². The largest absolute Gasteiger partial charge is 0.481 e. The second-order valence-electron chi connectivity index (χ2n) is 2.57. The van der Waals surface area contributed by atoms with Crippen molar-refractivity contribution in [3.8, 4) is 0 Å². The predicted octanol–water partition coefficient (Wildman–Crippen LogP) is -0.214. The van der Waals surface area contributed by atoms with Crippen LogP contribution >= 0.6 is 0 Å². The lowest BCUT2D eigenvalue weighted by molar-refractivity contribution is -0.137. The van der Waals surface area contributed by atoms with Gasteiger partial charge in [0.15, 0.2) is 0 Å². The fourth-order valence-corrected chi connectivity index (χ4v) is 1.06. The SMILES string of the molecule is CCC(NC)C(N)CC(=O)O. The molecule has 66 valence electrons. The van der Waals surface area contributed by atoms with Crippen LogP contribution in [0.4, 0.5) is 0 Å². The van der Waals surface area contributed by atoms with E-state index in [9.17, 15) is 4.79 Å². The van der Waals surface area contributed by atoms with Gasteiger partial charge >= 0.3 is 5.97 Å². The van der Waals surface area contributed by atoms with Gasteiger partial charge < -0.3 is 16.2 Å². The third-order valence-electron chi connectivity index (χ3n) is 1.74. The highest BCUT2D eigenvalue weighted by molar-refractivity contribution is 5.67. The number of carboxylic acid groups (broad SMARTS) is 1. The number of hydrogen-bond donors (Lipinski definition) is 3. The van der Waals surface area contributed by atoms with Crippen LogP contribution in [0.5, 0.6) is 0 Å². The van der Waals surface area contributed by atoms with Crippen LogP contribution < -0.4 is 11.1 Å². The number of carboxylic acids is 1. The molecule has 0 fully saturated rings. The second-order valence-corrected chi connectivity index (χ2v) is 2.57. The average Bonchev–Trinajstić information content (AvgIpc) is 1.88. The van der Waals surface area contributed by atoms with E-state index in [2.05, 4.69) is 5.32 Å². The second kappa shape index (κ2) is 5.09. The lowest BCUT2D eigenvalue weighted by atomic mass is 10.0. The van der Waals surface area contributed by atoms with Crippen molar-refractivity contribution in [3.63, 3.8) is 0 Å². The predicted molar refractivity (Wildman–Crippen MR) is 43.4 cm³/mol. The molecule has 0 amide bonds. The summed E-state index contributed by atoms with van der Waals surface area (Å²) < 4.78 is 0. The Kier molecular flexibility index (Phi) is 4.81. The van der Waals surface area contributed by atoms with Crippen LogP contribution in [0.25, 0.3) is 0 Å². The van der Waals surface area contributed by atoms with Crippen molar-refractivity contribution in [2.45, 2.75) is 31.8 Å². The molecule has 0 spiro atoms. The minimum atomic E-state index is -0.841. The Balaban J connectivity index is 3.78. The van der Waals surface area contributed by atoms with Gasteiger partial charge in [-0.05, 0) is 13.5 Å². The first-order chi connectivity index (χ1) is 5.11. The van der Waals surface area contributed by atoms with Crippen LogP contribution in [-0.4, -0.2) is 30.2 Å². The van der Waals surface area contributed by atoms with E-state index in [-0.39, 0.29) is 18.5 Å². The van der Waals surface area contributed by atoms with Gasteiger partial charge in [-0.2, -0.15) is 0 Å². The number of carbonyl (C=O) groups is 1. The number of likely N-dealkylation sites (N-methyl/N-ethyl adjacent to an activating group) is 1. The minimum Gasteiger partial charge on any atom is -0.481 e. The molecule has 0 aromatic heterocycles. The summed E-state index contributed by atoms with van der Waals surface area (Å²) >= 11 is 0. The number of nitrogens with one attached hydrogen (secondary N) is 1. The number of hydrogen-bond acceptors (Lipinski definition) is 3. The van der Waals surface area contributed by atoms with E-state index in [1.165, 1.54) is 0 Å². The van der Waals surface area contributed by atoms with E-state index < -0.39 is 5.97 Å². The van der Waals surface area contributed by atoms with Crippen LogP contribution in [0.1, 0.15) is 19.8 Å². The van der Waals surface area contributed by atoms with E-state index in [1.54, 1.807) is 7.05 Å². The molecule has 0 radical (unpaired) electrons. The van der Waals surface area contributed by atoms with Crippen molar-refractivity contribution in [2.75, 3.05) is 7.05 Å². The van der Waals surface area contributed by atoms with E-state index >= 15 is 0 Å². The summed E-state index contributed by atoms with van der Waals surface area (Å²) in [5.41, 5.74) is 5.60. The quantitative estimate of drug-likeness (QED) is 0.520. The van der Waals surface area contributed by atoms with E-state index in [1.807, 2.05) is 6.92 Å². The molecule has 0 aliphatic carbocycles. The van der Waals surface area contributed by atoms with Gasteiger partial charge in [0, 0.05) is 12.1 Å². The lowest BCUT2D eigenvalue weighted by Crippen LogP contribution is -2.44. The van der Waals surface area contributed by atoms with Crippen LogP contribution in [0.2, 0.25) is 0 Å². The normalized spacial score (nSPS) is 15.9. The molecule has 4 nitrogen and oxygen atoms in total. The lowest BCUT2D eigenvalue weighted by Gasteiger charge is -2.19. The standard InChI is InChI=1S/C7H16N2O2/c1-3-6(9-2)5(8)4-7(10)11/h5-6,9H,3-4,8H2,1-2H3,(H,10,11). The zero-order valence-electron chi connectivity index (χ0n) is 7.00. The molecule has 0 heterocycles. The topological polar surface area (TPSA) is 75.3 Å². The van der Waals surface area contributed by atoms with Crippen LogP contribution in [-0.2, 0) is 4.79 Å². The Bertz CT molecular complexity index is 124. The summed E-state index contributed by atoms with van der Waals surface area (Å²) in [5.74, 6) is -0.841. The number of rotatable bonds is 5. The molecule has 0 aromatic carbocycles. The Morgan fingerprint density at radius 1 is 1.73 bits per heavy atom. The first kappa shape index (κ1) is 10.4. The molecule has 0 aliphatic heterocycles. The van der Waals surface area contributed by atoms with Crippen molar-refractivity contribution in [2.24, 2.45) is 5.73 Å². The molecule has 0 saturated heterocycles. The number of nitrogens with two attached hydrogens (primary N) is 1. The van der Waals surface area contributed by atoms with E-state index in [0.717, 1.165) is 6.42 Å². The van der Waals surface area contributed by atoms with Crippen molar-refractivity contribution < 1.29 is 9.90 Å². The van der Waals surface area contributed by atoms with Crippen LogP contribution in [0.15, 0.2) is 0 Å². The van der Waals surface area contributed by atoms with Gasteiger partial charge in [0.25, 0.3) is 0 Å². The smallest absolute Gasteiger partial charge is 0.304 e. The van der Waals surface area contributed by atoms with Crippen molar-refractivity contribution >= 4 is 5.97 Å². The first-order valence-corrected chi connectivity index (χ1v) is 3.76. The molecule has 0 saturated carbocycles. The fraction of sp³-hybridized carbons (Fsp3) is 0.857. The number of aliphatic carboxylic acids is 1. The zero-order chi connectivity index (χ0) is 8.85. The average molecular weight is 160 g/mol. The summed E-state index contributed by atoms with van der Waals surface area (Å²) in [6.07, 6.45) is 0.879. The van der Waals surface area contributed by atoms with Gasteiger partial charge in [-0.1, -0.05) is 6.92 Å². The summed E-state index contributed by atoms with van der Waals surface area (Å²) in [6.45, 7) is 1.98. The molecule has 4 N–H and O–H groups in total. The highest BCUT2D eigenvalue weighted by atomic mass is 16.4. The van der Waals surface area contributed by atoms with Crippen molar-refractivity contribution in [1.29, 1.82) is 0 Å². The molecule has 11 heavy (non-hydrogen) atoms. The third-order valence-corrected chi connectivity index (χ3v) is 1.74. The van der Waals surface area contributed by atoms with Gasteiger partial charge in [-0.15, -0.1) is 0 Å². The molecule has 0 aliphatic rings. The summed E-state index contributed by atoms with van der Waals surface area (Å²) in [6, 6.07) is -0.186. The van der Waals surface area contributed by atoms with Gasteiger partial charge in [0.05, 0.1) is 6.42 Å². The molecule has 2 atom stereocenters. The summed E-state index contributed by atoms with van der Waals surface area (Å²) in [7, 11) is 1.79. The third kappa shape index (κ3) is 3.95. The molecular weight excluding hydrogens is 144 g/mol. The van der Waals surface area contributed by atoms with Gasteiger partial charge in [-0.25, -0.2) is 0 Å². The Morgan fingerprint density at radius 2 is 2.27 bits per heavy atom. The fourth-order valence-electron chi connectivity index (χ4n) is 1.06. The molecular formula is C7H16N2O2. The monoisotopic (exact) mass is 160 g/mol. The van der Waals surface area contributed by atoms with Gasteiger partial charge in [0.2, 0.25) is 0 Å². The van der Waals surface area contributed by atoms with E-state index in [0.29, 0.717) is 0 Å². The Morgan fingerprint density at radius 3 is 2.55 bits per heavy atom. The highest BCUT2D eigenvalue weighted by Crippen LogP contribution is 1.99. The molecule has 0 rings (SSSR count). The van der Waals surface area contributed by atoms with Crippen molar-refractivity contribution in [1.82, 2.24) is 5.32 Å². The Hall–Kier alpha value is -0.610. The Labute approximate surface area is 66.8 Å². The van der Waals surface area contributed by atoms with Gasteiger partial charge in [0.1, 0.15) is 0 Å². The summed E-state index contributed by atoms with van der Waals surface area (Å²) in [5, 5.41) is 11.4. The first-order valence-electron chi connectivity index (χ1n) is 3.76. The maximum Gasteiger partial charge on any atom is 0.304 e. The minimum absolute atomic E-state index is 0.0271. The molecule has 4 heteroatoms. The zero-order valence-corrected chi connectivity index (χ0v) is 7.00.